The van der Waals surface area contributed by atoms with Crippen molar-refractivity contribution in [3.8, 4) is 0 Å². The summed E-state index contributed by atoms with van der Waals surface area (Å²) in [4.78, 5) is 49.1. The van der Waals surface area contributed by atoms with Crippen molar-refractivity contribution in [2.45, 2.75) is 83.5 Å². The quantitative estimate of drug-likeness (QED) is 0.215. The van der Waals surface area contributed by atoms with Crippen molar-refractivity contribution in [1.82, 2.24) is 21.3 Å². The Morgan fingerprint density at radius 2 is 1.80 bits per heavy atom. The van der Waals surface area contributed by atoms with Crippen LogP contribution in [0.15, 0.2) is 0 Å². The Kier molecular flexibility index (Phi) is 11.3. The standard InChI is InChI=1S/C20H37N5O5/c1-4-12(2)16(19(28)24-15(20(29)30)8-5-6-10-21)25-17(26)13(3)23-18(27)14-9-7-11-22-14/h12-16,22H,4-11,21H2,1-3H3,(H,23,27)(H,24,28)(H,25,26)(H,29,30). The van der Waals surface area contributed by atoms with E-state index < -0.39 is 35.9 Å². The molecule has 1 heterocycles. The normalized spacial score (nSPS) is 19.9. The Balaban J connectivity index is 2.72. The number of carbonyl (C=O) groups excluding carboxylic acids is 3. The summed E-state index contributed by atoms with van der Waals surface area (Å²) in [6, 6.07) is -3.07. The third-order valence-electron chi connectivity index (χ3n) is 5.48. The summed E-state index contributed by atoms with van der Waals surface area (Å²) in [7, 11) is 0. The van der Waals surface area contributed by atoms with Gasteiger partial charge in [-0.15, -0.1) is 0 Å². The molecular formula is C20H37N5O5. The maximum absolute atomic E-state index is 12.8. The van der Waals surface area contributed by atoms with Crippen LogP contribution in [0.2, 0.25) is 0 Å². The predicted molar refractivity (Wildman–Crippen MR) is 112 cm³/mol. The van der Waals surface area contributed by atoms with Crippen molar-refractivity contribution in [3.05, 3.63) is 0 Å². The molecule has 10 heteroatoms. The Morgan fingerprint density at radius 3 is 2.33 bits per heavy atom. The highest BCUT2D eigenvalue weighted by Crippen LogP contribution is 2.10. The highest BCUT2D eigenvalue weighted by molar-refractivity contribution is 5.94. The van der Waals surface area contributed by atoms with E-state index in [-0.39, 0.29) is 24.3 Å². The van der Waals surface area contributed by atoms with Gasteiger partial charge in [0, 0.05) is 0 Å². The molecule has 0 aromatic heterocycles. The van der Waals surface area contributed by atoms with E-state index in [9.17, 15) is 24.3 Å². The van der Waals surface area contributed by atoms with Crippen LogP contribution in [0, 0.1) is 5.92 Å². The molecular weight excluding hydrogens is 390 g/mol. The second kappa shape index (κ2) is 13.2. The first kappa shape index (κ1) is 25.8. The van der Waals surface area contributed by atoms with Gasteiger partial charge in [0.15, 0.2) is 0 Å². The third kappa shape index (κ3) is 8.27. The molecule has 0 saturated carbocycles. The molecule has 1 saturated heterocycles. The monoisotopic (exact) mass is 427 g/mol. The van der Waals surface area contributed by atoms with Crippen LogP contribution < -0.4 is 27.0 Å². The van der Waals surface area contributed by atoms with E-state index in [1.54, 1.807) is 13.8 Å². The number of carboxylic acids is 1. The van der Waals surface area contributed by atoms with Gasteiger partial charge in [0.05, 0.1) is 6.04 Å². The SMILES string of the molecule is CCC(C)C(NC(=O)C(C)NC(=O)C1CCCN1)C(=O)NC(CCCCN)C(=O)O. The molecule has 0 radical (unpaired) electrons. The fourth-order valence-corrected chi connectivity index (χ4v) is 3.28. The van der Waals surface area contributed by atoms with Crippen molar-refractivity contribution in [3.63, 3.8) is 0 Å². The predicted octanol–water partition coefficient (Wildman–Crippen LogP) is -0.528. The lowest BCUT2D eigenvalue weighted by Gasteiger charge is -2.27. The number of hydrogen-bond acceptors (Lipinski definition) is 6. The number of unbranched alkanes of at least 4 members (excludes halogenated alkanes) is 1. The number of rotatable bonds is 13. The first-order chi connectivity index (χ1) is 14.2. The molecule has 1 fully saturated rings. The summed E-state index contributed by atoms with van der Waals surface area (Å²) in [6.45, 7) is 6.46. The summed E-state index contributed by atoms with van der Waals surface area (Å²) in [5.74, 6) is -2.62. The van der Waals surface area contributed by atoms with Gasteiger partial charge in [-0.25, -0.2) is 4.79 Å². The van der Waals surface area contributed by atoms with Gasteiger partial charge in [-0.1, -0.05) is 20.3 Å². The van der Waals surface area contributed by atoms with Crippen LogP contribution in [0.1, 0.15) is 59.3 Å². The number of carboxylic acid groups (broad SMARTS) is 1. The number of carbonyl (C=O) groups is 4. The van der Waals surface area contributed by atoms with Crippen molar-refractivity contribution < 1.29 is 24.3 Å². The zero-order valence-corrected chi connectivity index (χ0v) is 18.2. The molecule has 3 amide bonds. The summed E-state index contributed by atoms with van der Waals surface area (Å²) in [5.41, 5.74) is 5.44. The Hall–Kier alpha value is -2.20. The van der Waals surface area contributed by atoms with Gasteiger partial charge in [-0.05, 0) is 58.0 Å². The lowest BCUT2D eigenvalue weighted by molar-refractivity contribution is -0.143. The van der Waals surface area contributed by atoms with Crippen LogP contribution in [-0.4, -0.2) is 66.1 Å². The second-order valence-electron chi connectivity index (χ2n) is 7.93. The minimum Gasteiger partial charge on any atom is -0.480 e. The van der Waals surface area contributed by atoms with Crippen molar-refractivity contribution in [2.75, 3.05) is 13.1 Å². The van der Waals surface area contributed by atoms with Gasteiger partial charge in [0.25, 0.3) is 0 Å². The number of hydrogen-bond donors (Lipinski definition) is 6. The Morgan fingerprint density at radius 1 is 1.10 bits per heavy atom. The summed E-state index contributed by atoms with van der Waals surface area (Å²) < 4.78 is 0. The molecule has 10 nitrogen and oxygen atoms in total. The fourth-order valence-electron chi connectivity index (χ4n) is 3.28. The van der Waals surface area contributed by atoms with Crippen LogP contribution in [0.5, 0.6) is 0 Å². The number of nitrogens with two attached hydrogens (primary N) is 1. The lowest BCUT2D eigenvalue weighted by Crippen LogP contribution is -2.58. The van der Waals surface area contributed by atoms with Gasteiger partial charge in [-0.3, -0.25) is 14.4 Å². The zero-order valence-electron chi connectivity index (χ0n) is 18.2. The maximum atomic E-state index is 12.8. The molecule has 0 aliphatic carbocycles. The summed E-state index contributed by atoms with van der Waals surface area (Å²) in [5, 5.41) is 20.3. The minimum absolute atomic E-state index is 0.216. The van der Waals surface area contributed by atoms with E-state index in [0.29, 0.717) is 25.8 Å². The first-order valence-electron chi connectivity index (χ1n) is 10.8. The highest BCUT2D eigenvalue weighted by Gasteiger charge is 2.32. The zero-order chi connectivity index (χ0) is 22.7. The van der Waals surface area contributed by atoms with Crippen LogP contribution >= 0.6 is 0 Å². The molecule has 7 N–H and O–H groups in total. The molecule has 0 bridgehead atoms. The summed E-state index contributed by atoms with van der Waals surface area (Å²) >= 11 is 0. The molecule has 5 atom stereocenters. The molecule has 1 aliphatic heterocycles. The largest absolute Gasteiger partial charge is 0.480 e. The van der Waals surface area contributed by atoms with Gasteiger partial charge < -0.3 is 32.1 Å². The third-order valence-corrected chi connectivity index (χ3v) is 5.48. The van der Waals surface area contributed by atoms with E-state index in [2.05, 4.69) is 21.3 Å². The number of amides is 3. The van der Waals surface area contributed by atoms with E-state index in [1.807, 2.05) is 6.92 Å². The van der Waals surface area contributed by atoms with Gasteiger partial charge >= 0.3 is 5.97 Å². The van der Waals surface area contributed by atoms with Gasteiger partial charge in [0.1, 0.15) is 18.1 Å². The first-order valence-corrected chi connectivity index (χ1v) is 10.8. The molecule has 1 aliphatic rings. The molecule has 5 unspecified atom stereocenters. The molecule has 0 aromatic rings. The van der Waals surface area contributed by atoms with Crippen LogP contribution in [0.25, 0.3) is 0 Å². The van der Waals surface area contributed by atoms with Crippen LogP contribution in [0.4, 0.5) is 0 Å². The second-order valence-corrected chi connectivity index (χ2v) is 7.93. The number of nitrogens with one attached hydrogen (secondary N) is 4. The van der Waals surface area contributed by atoms with E-state index in [0.717, 1.165) is 19.4 Å². The van der Waals surface area contributed by atoms with Crippen LogP contribution in [-0.2, 0) is 19.2 Å². The maximum Gasteiger partial charge on any atom is 0.326 e. The number of aliphatic carboxylic acids is 1. The van der Waals surface area contributed by atoms with Gasteiger partial charge in [-0.2, -0.15) is 0 Å². The van der Waals surface area contributed by atoms with E-state index in [4.69, 9.17) is 5.73 Å². The Bertz CT molecular complexity index is 594. The van der Waals surface area contributed by atoms with Gasteiger partial charge in [0.2, 0.25) is 17.7 Å². The topological polar surface area (TPSA) is 163 Å². The molecule has 0 aromatic carbocycles. The fraction of sp³-hybridized carbons (Fsp3) is 0.800. The average molecular weight is 428 g/mol. The van der Waals surface area contributed by atoms with E-state index >= 15 is 0 Å². The van der Waals surface area contributed by atoms with E-state index in [1.165, 1.54) is 0 Å². The van der Waals surface area contributed by atoms with Crippen molar-refractivity contribution in [1.29, 1.82) is 0 Å². The smallest absolute Gasteiger partial charge is 0.326 e. The molecule has 172 valence electrons. The van der Waals surface area contributed by atoms with Crippen molar-refractivity contribution in [2.24, 2.45) is 11.7 Å². The minimum atomic E-state index is -1.13. The molecule has 1 rings (SSSR count). The molecule has 0 spiro atoms. The average Bonchev–Trinajstić information content (AvgIpc) is 3.25. The highest BCUT2D eigenvalue weighted by atomic mass is 16.4. The van der Waals surface area contributed by atoms with Crippen molar-refractivity contribution >= 4 is 23.7 Å². The lowest BCUT2D eigenvalue weighted by atomic mass is 9.97. The van der Waals surface area contributed by atoms with Crippen LogP contribution in [0.3, 0.4) is 0 Å². The molecule has 30 heavy (non-hydrogen) atoms. The Labute approximate surface area is 178 Å². The summed E-state index contributed by atoms with van der Waals surface area (Å²) in [6.07, 6.45) is 3.74.